The van der Waals surface area contributed by atoms with Crippen molar-refractivity contribution in [3.8, 4) is 0 Å². The Balaban J connectivity index is 1.80. The second kappa shape index (κ2) is 6.63. The van der Waals surface area contributed by atoms with Crippen LogP contribution in [0.2, 0.25) is 10.0 Å². The van der Waals surface area contributed by atoms with Crippen molar-refractivity contribution in [3.63, 3.8) is 0 Å². The van der Waals surface area contributed by atoms with E-state index in [0.29, 0.717) is 11.4 Å². The minimum atomic E-state index is -3.84. The van der Waals surface area contributed by atoms with Crippen molar-refractivity contribution in [2.24, 2.45) is 5.92 Å². The lowest BCUT2D eigenvalue weighted by Gasteiger charge is -2.11. The molecule has 1 saturated carbocycles. The molecule has 0 unspecified atom stereocenters. The minimum absolute atomic E-state index is 0.0348. The molecule has 126 valence electrons. The van der Waals surface area contributed by atoms with Gasteiger partial charge in [-0.3, -0.25) is 9.52 Å². The van der Waals surface area contributed by atoms with E-state index in [9.17, 15) is 13.2 Å². The van der Waals surface area contributed by atoms with Gasteiger partial charge in [0.25, 0.3) is 10.0 Å². The molecule has 2 aromatic carbocycles. The van der Waals surface area contributed by atoms with Gasteiger partial charge in [0.05, 0.1) is 10.6 Å². The zero-order chi connectivity index (χ0) is 17.3. The molecule has 0 radical (unpaired) electrons. The number of carbonyl (C=O) groups is 1. The van der Waals surface area contributed by atoms with Crippen molar-refractivity contribution in [3.05, 3.63) is 52.5 Å². The topological polar surface area (TPSA) is 75.3 Å². The molecule has 3 rings (SSSR count). The fraction of sp³-hybridized carbons (Fsp3) is 0.188. The Morgan fingerprint density at radius 2 is 1.62 bits per heavy atom. The second-order valence-corrected chi connectivity index (χ2v) is 8.11. The van der Waals surface area contributed by atoms with Crippen LogP contribution in [0.3, 0.4) is 0 Å². The summed E-state index contributed by atoms with van der Waals surface area (Å²) in [5, 5.41) is 3.23. The van der Waals surface area contributed by atoms with E-state index in [4.69, 9.17) is 23.2 Å². The zero-order valence-electron chi connectivity index (χ0n) is 12.4. The quantitative estimate of drug-likeness (QED) is 0.812. The van der Waals surface area contributed by atoms with Gasteiger partial charge in [0.15, 0.2) is 0 Å². The molecule has 0 aliphatic heterocycles. The van der Waals surface area contributed by atoms with Crippen LogP contribution in [0.1, 0.15) is 12.8 Å². The minimum Gasteiger partial charge on any atom is -0.326 e. The standard InChI is InChI=1S/C16H14Cl2N2O3S/c17-11-6-12(18)8-15(7-11)24(22,23)20-14-3-1-2-13(9-14)19-16(21)10-4-5-10/h1-3,6-10,20H,4-5H2,(H,19,21). The first-order chi connectivity index (χ1) is 11.3. The number of carbonyl (C=O) groups excluding carboxylic acids is 1. The highest BCUT2D eigenvalue weighted by atomic mass is 35.5. The van der Waals surface area contributed by atoms with E-state index in [2.05, 4.69) is 10.0 Å². The molecule has 0 heterocycles. The van der Waals surface area contributed by atoms with E-state index >= 15 is 0 Å². The van der Waals surface area contributed by atoms with E-state index < -0.39 is 10.0 Å². The molecule has 5 nitrogen and oxygen atoms in total. The number of anilines is 2. The van der Waals surface area contributed by atoms with E-state index in [1.807, 2.05) is 0 Å². The molecular formula is C16H14Cl2N2O3S. The third-order valence-corrected chi connectivity index (χ3v) is 5.27. The molecule has 0 saturated heterocycles. The number of amides is 1. The van der Waals surface area contributed by atoms with Crippen molar-refractivity contribution in [2.75, 3.05) is 10.0 Å². The SMILES string of the molecule is O=C(Nc1cccc(NS(=O)(=O)c2cc(Cl)cc(Cl)c2)c1)C1CC1. The number of hydrogen-bond acceptors (Lipinski definition) is 3. The highest BCUT2D eigenvalue weighted by Gasteiger charge is 2.29. The molecule has 2 N–H and O–H groups in total. The Morgan fingerprint density at radius 1 is 1.00 bits per heavy atom. The number of sulfonamides is 1. The maximum Gasteiger partial charge on any atom is 0.261 e. The van der Waals surface area contributed by atoms with Crippen LogP contribution in [0, 0.1) is 5.92 Å². The summed E-state index contributed by atoms with van der Waals surface area (Å²) in [6.07, 6.45) is 1.79. The molecular weight excluding hydrogens is 371 g/mol. The van der Waals surface area contributed by atoms with Gasteiger partial charge in [-0.2, -0.15) is 0 Å². The maximum absolute atomic E-state index is 12.4. The number of nitrogens with one attached hydrogen (secondary N) is 2. The Kier molecular flexibility index (Phi) is 4.71. The highest BCUT2D eigenvalue weighted by Crippen LogP contribution is 2.30. The first kappa shape index (κ1) is 17.1. The summed E-state index contributed by atoms with van der Waals surface area (Å²) in [5.74, 6) is 0.0237. The summed E-state index contributed by atoms with van der Waals surface area (Å²) in [6.45, 7) is 0. The Hall–Kier alpha value is -1.76. The lowest BCUT2D eigenvalue weighted by Crippen LogP contribution is -2.15. The molecule has 24 heavy (non-hydrogen) atoms. The summed E-state index contributed by atoms with van der Waals surface area (Å²) >= 11 is 11.7. The highest BCUT2D eigenvalue weighted by molar-refractivity contribution is 7.92. The molecule has 0 bridgehead atoms. The van der Waals surface area contributed by atoms with Gasteiger partial charge in [0, 0.05) is 21.7 Å². The summed E-state index contributed by atoms with van der Waals surface area (Å²) < 4.78 is 27.3. The largest absolute Gasteiger partial charge is 0.326 e. The van der Waals surface area contributed by atoms with E-state index in [1.165, 1.54) is 18.2 Å². The van der Waals surface area contributed by atoms with E-state index in [1.54, 1.807) is 24.3 Å². The van der Waals surface area contributed by atoms with Crippen LogP contribution in [0.25, 0.3) is 0 Å². The van der Waals surface area contributed by atoms with Crippen molar-refractivity contribution in [1.29, 1.82) is 0 Å². The lowest BCUT2D eigenvalue weighted by molar-refractivity contribution is -0.117. The van der Waals surface area contributed by atoms with Crippen molar-refractivity contribution in [1.82, 2.24) is 0 Å². The summed E-state index contributed by atoms with van der Waals surface area (Å²) in [4.78, 5) is 11.8. The Morgan fingerprint density at radius 3 is 2.25 bits per heavy atom. The van der Waals surface area contributed by atoms with Crippen LogP contribution in [0.15, 0.2) is 47.4 Å². The van der Waals surface area contributed by atoms with Crippen molar-refractivity contribution < 1.29 is 13.2 Å². The molecule has 2 aromatic rings. The van der Waals surface area contributed by atoms with Crippen LogP contribution in [-0.4, -0.2) is 14.3 Å². The van der Waals surface area contributed by atoms with Gasteiger partial charge >= 0.3 is 0 Å². The molecule has 1 fully saturated rings. The van der Waals surface area contributed by atoms with Gasteiger partial charge in [0.1, 0.15) is 0 Å². The van der Waals surface area contributed by atoms with E-state index in [0.717, 1.165) is 12.8 Å². The third-order valence-electron chi connectivity index (χ3n) is 3.48. The molecule has 0 spiro atoms. The molecule has 1 amide bonds. The predicted molar refractivity (Wildman–Crippen MR) is 95.1 cm³/mol. The van der Waals surface area contributed by atoms with Gasteiger partial charge in [-0.25, -0.2) is 8.42 Å². The van der Waals surface area contributed by atoms with Gasteiger partial charge in [-0.05, 0) is 49.2 Å². The predicted octanol–water partition coefficient (Wildman–Crippen LogP) is 4.14. The van der Waals surface area contributed by atoms with Crippen molar-refractivity contribution in [2.45, 2.75) is 17.7 Å². The fourth-order valence-electron chi connectivity index (χ4n) is 2.15. The van der Waals surface area contributed by atoms with Crippen LogP contribution < -0.4 is 10.0 Å². The monoisotopic (exact) mass is 384 g/mol. The van der Waals surface area contributed by atoms with E-state index in [-0.39, 0.29) is 26.8 Å². The molecule has 1 aliphatic rings. The number of hydrogen-bond donors (Lipinski definition) is 2. The van der Waals surface area contributed by atoms with Crippen LogP contribution in [0.5, 0.6) is 0 Å². The number of benzene rings is 2. The van der Waals surface area contributed by atoms with Crippen LogP contribution in [0.4, 0.5) is 11.4 Å². The van der Waals surface area contributed by atoms with Crippen molar-refractivity contribution >= 4 is 50.5 Å². The lowest BCUT2D eigenvalue weighted by atomic mass is 10.2. The summed E-state index contributed by atoms with van der Waals surface area (Å²) in [6, 6.07) is 10.6. The van der Waals surface area contributed by atoms with Gasteiger partial charge < -0.3 is 5.32 Å². The van der Waals surface area contributed by atoms with Gasteiger partial charge in [-0.1, -0.05) is 29.3 Å². The molecule has 1 aliphatic carbocycles. The van der Waals surface area contributed by atoms with Gasteiger partial charge in [0.2, 0.25) is 5.91 Å². The normalized spacial score (nSPS) is 14.2. The molecule has 8 heteroatoms. The molecule has 0 atom stereocenters. The van der Waals surface area contributed by atoms with Gasteiger partial charge in [-0.15, -0.1) is 0 Å². The number of rotatable bonds is 5. The summed E-state index contributed by atoms with van der Waals surface area (Å²) in [5.41, 5.74) is 0.871. The smallest absolute Gasteiger partial charge is 0.261 e. The summed E-state index contributed by atoms with van der Waals surface area (Å²) in [7, 11) is -3.84. The third kappa shape index (κ3) is 4.20. The number of halogens is 2. The molecule has 0 aromatic heterocycles. The van der Waals surface area contributed by atoms with Crippen LogP contribution in [-0.2, 0) is 14.8 Å². The average Bonchev–Trinajstić information content (AvgIpc) is 3.30. The Bertz CT molecular complexity index is 876. The zero-order valence-corrected chi connectivity index (χ0v) is 14.8. The fourth-order valence-corrected chi connectivity index (χ4v) is 3.92. The average molecular weight is 385 g/mol. The maximum atomic E-state index is 12.4. The Labute approximate surface area is 150 Å². The first-order valence-electron chi connectivity index (χ1n) is 7.23. The van der Waals surface area contributed by atoms with Crippen LogP contribution >= 0.6 is 23.2 Å². The second-order valence-electron chi connectivity index (χ2n) is 5.55. The first-order valence-corrected chi connectivity index (χ1v) is 9.47.